The van der Waals surface area contributed by atoms with Crippen LogP contribution in [0.3, 0.4) is 0 Å². The first-order valence-electron chi connectivity index (χ1n) is 9.38. The topological polar surface area (TPSA) is 42.4 Å². The van der Waals surface area contributed by atoms with Crippen molar-refractivity contribution in [2.45, 2.75) is 6.42 Å². The van der Waals surface area contributed by atoms with E-state index in [9.17, 15) is 4.79 Å². The molecule has 0 radical (unpaired) electrons. The van der Waals surface area contributed by atoms with E-state index in [1.807, 2.05) is 30.3 Å². The predicted octanol–water partition coefficient (Wildman–Crippen LogP) is 4.47. The van der Waals surface area contributed by atoms with Crippen molar-refractivity contribution in [3.63, 3.8) is 0 Å². The maximum Gasteiger partial charge on any atom is 0.356 e. The maximum atomic E-state index is 11.9. The van der Waals surface area contributed by atoms with Crippen molar-refractivity contribution in [1.29, 1.82) is 0 Å². The lowest BCUT2D eigenvalue weighted by atomic mass is 9.97. The summed E-state index contributed by atoms with van der Waals surface area (Å²) in [6.07, 6.45) is 4.88. The second kappa shape index (κ2) is 8.09. The first-order chi connectivity index (χ1) is 13.7. The van der Waals surface area contributed by atoms with Crippen LogP contribution in [0.1, 0.15) is 27.2 Å². The molecular formula is C24H22N2O2. The summed E-state index contributed by atoms with van der Waals surface area (Å²) in [6, 6.07) is 22.6. The number of hydrogen-bond donors (Lipinski definition) is 0. The first-order valence-corrected chi connectivity index (χ1v) is 9.38. The Morgan fingerprint density at radius 2 is 1.79 bits per heavy atom. The van der Waals surface area contributed by atoms with Crippen molar-refractivity contribution in [3.05, 3.63) is 95.3 Å². The predicted molar refractivity (Wildman–Crippen MR) is 112 cm³/mol. The molecule has 2 aromatic carbocycles. The summed E-state index contributed by atoms with van der Waals surface area (Å²) in [5.74, 6) is -0.418. The van der Waals surface area contributed by atoms with Gasteiger partial charge in [0.15, 0.2) is 0 Å². The number of aromatic nitrogens is 1. The minimum Gasteiger partial charge on any atom is -0.464 e. The normalized spacial score (nSPS) is 12.9. The second-order valence-corrected chi connectivity index (χ2v) is 6.81. The van der Waals surface area contributed by atoms with Gasteiger partial charge in [0.25, 0.3) is 0 Å². The van der Waals surface area contributed by atoms with Crippen LogP contribution < -0.4 is 4.90 Å². The second-order valence-electron chi connectivity index (χ2n) is 6.81. The highest BCUT2D eigenvalue weighted by Crippen LogP contribution is 2.33. The summed E-state index contributed by atoms with van der Waals surface area (Å²) in [7, 11) is 1.38. The smallest absolute Gasteiger partial charge is 0.356 e. The number of methoxy groups -OCH3 is 1. The number of benzene rings is 2. The van der Waals surface area contributed by atoms with Gasteiger partial charge >= 0.3 is 5.97 Å². The van der Waals surface area contributed by atoms with Crippen LogP contribution in [0, 0.1) is 0 Å². The fraction of sp³-hybridized carbons (Fsp3) is 0.167. The van der Waals surface area contributed by atoms with Crippen molar-refractivity contribution in [2.75, 3.05) is 25.1 Å². The Morgan fingerprint density at radius 3 is 2.50 bits per heavy atom. The van der Waals surface area contributed by atoms with Crippen LogP contribution in [-0.2, 0) is 11.2 Å². The molecule has 4 rings (SSSR count). The van der Waals surface area contributed by atoms with Crippen LogP contribution in [0.5, 0.6) is 0 Å². The van der Waals surface area contributed by atoms with Gasteiger partial charge in [0, 0.05) is 18.7 Å². The number of ether oxygens (including phenoxy) is 1. The molecule has 0 atom stereocenters. The van der Waals surface area contributed by atoms with Gasteiger partial charge in [0.1, 0.15) is 5.69 Å². The molecule has 0 bridgehead atoms. The largest absolute Gasteiger partial charge is 0.464 e. The van der Waals surface area contributed by atoms with Crippen molar-refractivity contribution < 1.29 is 9.53 Å². The van der Waals surface area contributed by atoms with Crippen LogP contribution in [-0.4, -0.2) is 31.2 Å². The van der Waals surface area contributed by atoms with Gasteiger partial charge in [-0.05, 0) is 35.3 Å². The van der Waals surface area contributed by atoms with E-state index in [4.69, 9.17) is 4.74 Å². The molecule has 1 aromatic heterocycles. The maximum absolute atomic E-state index is 11.9. The van der Waals surface area contributed by atoms with E-state index in [0.717, 1.165) is 30.8 Å². The average molecular weight is 370 g/mol. The molecule has 0 fully saturated rings. The Hall–Kier alpha value is -3.40. The van der Waals surface area contributed by atoms with E-state index in [2.05, 4.69) is 52.4 Å². The van der Waals surface area contributed by atoms with Gasteiger partial charge in [-0.25, -0.2) is 9.78 Å². The molecule has 2 heterocycles. The number of anilines is 1. The van der Waals surface area contributed by atoms with E-state index in [1.54, 1.807) is 6.20 Å². The third-order valence-corrected chi connectivity index (χ3v) is 5.00. The molecular weight excluding hydrogens is 348 g/mol. The zero-order valence-corrected chi connectivity index (χ0v) is 15.8. The number of hydrogen-bond acceptors (Lipinski definition) is 4. The van der Waals surface area contributed by atoms with Gasteiger partial charge in [-0.2, -0.15) is 0 Å². The summed E-state index contributed by atoms with van der Waals surface area (Å²) in [6.45, 7) is 1.68. The zero-order valence-electron chi connectivity index (χ0n) is 15.8. The van der Waals surface area contributed by atoms with Gasteiger partial charge < -0.3 is 9.64 Å². The molecule has 28 heavy (non-hydrogen) atoms. The van der Waals surface area contributed by atoms with Crippen LogP contribution in [0.4, 0.5) is 5.69 Å². The Kier molecular flexibility index (Phi) is 5.20. The van der Waals surface area contributed by atoms with E-state index in [0.29, 0.717) is 5.69 Å². The van der Waals surface area contributed by atoms with Gasteiger partial charge in [0.05, 0.1) is 19.0 Å². The highest BCUT2D eigenvalue weighted by molar-refractivity contribution is 5.94. The molecule has 0 N–H and O–H groups in total. The molecule has 3 aromatic rings. The highest BCUT2D eigenvalue weighted by Gasteiger charge is 2.21. The van der Waals surface area contributed by atoms with E-state index < -0.39 is 5.97 Å². The number of nitrogens with zero attached hydrogens (tertiary/aromatic N) is 2. The Bertz CT molecular complexity index is 998. The molecule has 0 saturated carbocycles. The van der Waals surface area contributed by atoms with Crippen molar-refractivity contribution in [1.82, 2.24) is 4.98 Å². The lowest BCUT2D eigenvalue weighted by Gasteiger charge is -2.31. The first kappa shape index (κ1) is 18.0. The third-order valence-electron chi connectivity index (χ3n) is 5.00. The molecule has 1 aliphatic rings. The van der Waals surface area contributed by atoms with Crippen LogP contribution >= 0.6 is 0 Å². The minimum absolute atomic E-state index is 0.329. The average Bonchev–Trinajstić information content (AvgIpc) is 2.77. The van der Waals surface area contributed by atoms with Crippen molar-refractivity contribution in [3.8, 4) is 0 Å². The Balaban J connectivity index is 1.68. The van der Waals surface area contributed by atoms with Crippen molar-refractivity contribution in [2.24, 2.45) is 0 Å². The molecule has 0 unspecified atom stereocenters. The number of fused-ring (bicyclic) bond motifs is 1. The molecule has 1 aliphatic heterocycles. The zero-order chi connectivity index (χ0) is 19.3. The summed E-state index contributed by atoms with van der Waals surface area (Å²) < 4.78 is 4.84. The SMILES string of the molecule is COC(=O)c1cc2c(cn1)N(CCc1ccccc1)CC(c1ccccc1)=C2. The molecule has 0 amide bonds. The minimum atomic E-state index is -0.418. The fourth-order valence-electron chi connectivity index (χ4n) is 3.52. The number of carbonyl (C=O) groups excluding carboxylic acids is 1. The fourth-order valence-corrected chi connectivity index (χ4v) is 3.52. The summed E-state index contributed by atoms with van der Waals surface area (Å²) in [5, 5.41) is 0. The molecule has 0 spiro atoms. The Morgan fingerprint density at radius 1 is 1.07 bits per heavy atom. The summed E-state index contributed by atoms with van der Waals surface area (Å²) >= 11 is 0. The lowest BCUT2D eigenvalue weighted by molar-refractivity contribution is 0.0594. The monoisotopic (exact) mass is 370 g/mol. The van der Waals surface area contributed by atoms with Gasteiger partial charge in [-0.3, -0.25) is 0 Å². The molecule has 0 saturated heterocycles. The quantitative estimate of drug-likeness (QED) is 0.622. The summed E-state index contributed by atoms with van der Waals surface area (Å²) in [5.41, 5.74) is 6.09. The molecule has 140 valence electrons. The van der Waals surface area contributed by atoms with Crippen molar-refractivity contribution >= 4 is 23.3 Å². The van der Waals surface area contributed by atoms with Crippen LogP contribution in [0.2, 0.25) is 0 Å². The highest BCUT2D eigenvalue weighted by atomic mass is 16.5. The van der Waals surface area contributed by atoms with Gasteiger partial charge in [-0.1, -0.05) is 60.7 Å². The van der Waals surface area contributed by atoms with Crippen LogP contribution in [0.15, 0.2) is 72.9 Å². The number of rotatable bonds is 5. The lowest BCUT2D eigenvalue weighted by Crippen LogP contribution is -2.30. The summed E-state index contributed by atoms with van der Waals surface area (Å²) in [4.78, 5) is 18.6. The Labute approximate surface area is 165 Å². The van der Waals surface area contributed by atoms with E-state index >= 15 is 0 Å². The molecule has 4 heteroatoms. The van der Waals surface area contributed by atoms with E-state index in [1.165, 1.54) is 23.8 Å². The van der Waals surface area contributed by atoms with Gasteiger partial charge in [-0.15, -0.1) is 0 Å². The standard InChI is InChI=1S/C24H22N2O2/c1-28-24(27)22-15-20-14-21(19-10-6-3-7-11-19)17-26(23(20)16-25-22)13-12-18-8-4-2-5-9-18/h2-11,14-16H,12-13,17H2,1H3. The van der Waals surface area contributed by atoms with Gasteiger partial charge in [0.2, 0.25) is 0 Å². The van der Waals surface area contributed by atoms with E-state index in [-0.39, 0.29) is 0 Å². The van der Waals surface area contributed by atoms with Crippen LogP contribution in [0.25, 0.3) is 11.6 Å². The molecule has 4 nitrogen and oxygen atoms in total. The number of esters is 1. The third kappa shape index (κ3) is 3.81. The molecule has 0 aliphatic carbocycles. The number of pyridine rings is 1. The number of carbonyl (C=O) groups is 1.